The van der Waals surface area contributed by atoms with Gasteiger partial charge in [0.25, 0.3) is 0 Å². The summed E-state index contributed by atoms with van der Waals surface area (Å²) < 4.78 is 5.13. The minimum atomic E-state index is -1.28. The minimum Gasteiger partial charge on any atom is -0.545 e. The maximum atomic E-state index is 10.5. The Bertz CT molecular complexity index is 323. The third-order valence-electron chi connectivity index (χ3n) is 1.55. The summed E-state index contributed by atoms with van der Waals surface area (Å²) in [6.45, 7) is 2.35. The molecule has 1 aromatic carbocycles. The lowest BCUT2D eigenvalue weighted by molar-refractivity contribution is -0.254. The van der Waals surface area contributed by atoms with Gasteiger partial charge in [-0.25, -0.2) is 0 Å². The van der Waals surface area contributed by atoms with Gasteiger partial charge in [0.15, 0.2) is 0 Å². The number of hydrogen-bond acceptors (Lipinski definition) is 4. The van der Waals surface area contributed by atoms with Gasteiger partial charge in [-0.15, -0.1) is 0 Å². The number of aromatic carboxylic acids is 1. The Morgan fingerprint density at radius 2 is 2.31 bits per heavy atom. The van der Waals surface area contributed by atoms with Crippen molar-refractivity contribution in [3.05, 3.63) is 23.8 Å². The molecule has 70 valence electrons. The first-order valence-electron chi connectivity index (χ1n) is 3.88. The van der Waals surface area contributed by atoms with Crippen molar-refractivity contribution in [1.29, 1.82) is 0 Å². The van der Waals surface area contributed by atoms with Crippen LogP contribution in [0.2, 0.25) is 0 Å². The lowest BCUT2D eigenvalue weighted by atomic mass is 10.2. The van der Waals surface area contributed by atoms with Crippen LogP contribution in [-0.2, 0) is 0 Å². The van der Waals surface area contributed by atoms with E-state index >= 15 is 0 Å². The van der Waals surface area contributed by atoms with E-state index in [4.69, 9.17) is 10.5 Å². The molecule has 4 heteroatoms. The Morgan fingerprint density at radius 3 is 2.77 bits per heavy atom. The van der Waals surface area contributed by atoms with E-state index in [1.165, 1.54) is 12.1 Å². The van der Waals surface area contributed by atoms with E-state index in [1.54, 1.807) is 6.07 Å². The fraction of sp³-hybridized carbons (Fsp3) is 0.222. The SMILES string of the molecule is CCOc1ccc(C(=O)[O-])c(N)c1. The second-order valence-electron chi connectivity index (χ2n) is 2.47. The van der Waals surface area contributed by atoms with Crippen molar-refractivity contribution in [2.24, 2.45) is 0 Å². The lowest BCUT2D eigenvalue weighted by Crippen LogP contribution is -2.23. The maximum Gasteiger partial charge on any atom is 0.121 e. The Morgan fingerprint density at radius 1 is 1.62 bits per heavy atom. The molecule has 0 aliphatic heterocycles. The first-order chi connectivity index (χ1) is 6.15. The first-order valence-corrected chi connectivity index (χ1v) is 3.88. The average Bonchev–Trinajstić information content (AvgIpc) is 2.04. The van der Waals surface area contributed by atoms with Gasteiger partial charge >= 0.3 is 0 Å². The van der Waals surface area contributed by atoms with Crippen LogP contribution in [0, 0.1) is 0 Å². The summed E-state index contributed by atoms with van der Waals surface area (Å²) in [4.78, 5) is 10.5. The van der Waals surface area contributed by atoms with Gasteiger partial charge in [0.05, 0.1) is 12.6 Å². The number of carbonyl (C=O) groups excluding carboxylic acids is 1. The molecule has 2 N–H and O–H groups in total. The highest BCUT2D eigenvalue weighted by Crippen LogP contribution is 2.19. The molecule has 0 amide bonds. The highest BCUT2D eigenvalue weighted by molar-refractivity contribution is 5.92. The molecule has 0 saturated carbocycles. The summed E-state index contributed by atoms with van der Waals surface area (Å²) in [6, 6.07) is 4.38. The van der Waals surface area contributed by atoms with E-state index in [0.717, 1.165) is 0 Å². The molecule has 0 spiro atoms. The Balaban J connectivity index is 2.98. The molecular weight excluding hydrogens is 170 g/mol. The van der Waals surface area contributed by atoms with Gasteiger partial charge in [0.1, 0.15) is 5.75 Å². The number of ether oxygens (including phenoxy) is 1. The fourth-order valence-electron chi connectivity index (χ4n) is 0.983. The van der Waals surface area contributed by atoms with Gasteiger partial charge in [-0.3, -0.25) is 0 Å². The normalized spacial score (nSPS) is 9.62. The van der Waals surface area contributed by atoms with E-state index in [9.17, 15) is 9.90 Å². The monoisotopic (exact) mass is 180 g/mol. The molecule has 4 nitrogen and oxygen atoms in total. The number of nitrogens with two attached hydrogens (primary N) is 1. The molecule has 13 heavy (non-hydrogen) atoms. The fourth-order valence-corrected chi connectivity index (χ4v) is 0.983. The Kier molecular flexibility index (Phi) is 2.74. The van der Waals surface area contributed by atoms with Crippen molar-refractivity contribution < 1.29 is 14.6 Å². The van der Waals surface area contributed by atoms with Crippen molar-refractivity contribution >= 4 is 11.7 Å². The molecule has 0 aliphatic rings. The first kappa shape index (κ1) is 9.38. The average molecular weight is 180 g/mol. The molecule has 1 rings (SSSR count). The molecule has 0 saturated heterocycles. The minimum absolute atomic E-state index is 0.0107. The largest absolute Gasteiger partial charge is 0.545 e. The van der Waals surface area contributed by atoms with E-state index in [1.807, 2.05) is 6.92 Å². The van der Waals surface area contributed by atoms with E-state index < -0.39 is 5.97 Å². The molecule has 0 radical (unpaired) electrons. The Labute approximate surface area is 75.9 Å². The van der Waals surface area contributed by atoms with Crippen LogP contribution in [-0.4, -0.2) is 12.6 Å². The number of anilines is 1. The molecular formula is C9H10NO3-. The van der Waals surface area contributed by atoms with Gasteiger partial charge in [0.2, 0.25) is 0 Å². The van der Waals surface area contributed by atoms with Crippen molar-refractivity contribution in [3.8, 4) is 5.75 Å². The Hall–Kier alpha value is -1.71. The number of rotatable bonds is 3. The number of carboxylic acids is 1. The second kappa shape index (κ2) is 3.80. The van der Waals surface area contributed by atoms with Gasteiger partial charge in [-0.05, 0) is 19.1 Å². The number of carbonyl (C=O) groups is 1. The molecule has 0 unspecified atom stereocenters. The van der Waals surface area contributed by atoms with Crippen LogP contribution in [0.5, 0.6) is 5.75 Å². The van der Waals surface area contributed by atoms with Crippen molar-refractivity contribution in [2.45, 2.75) is 6.92 Å². The maximum absolute atomic E-state index is 10.5. The zero-order valence-corrected chi connectivity index (χ0v) is 7.24. The zero-order valence-electron chi connectivity index (χ0n) is 7.24. The number of hydrogen-bond donors (Lipinski definition) is 1. The molecule has 0 aromatic heterocycles. The molecule has 0 fully saturated rings. The standard InChI is InChI=1S/C9H11NO3/c1-2-13-6-3-4-7(9(11)12)8(10)5-6/h3-5H,2,10H2,1H3,(H,11,12)/p-1. The predicted octanol–water partition coefficient (Wildman–Crippen LogP) is 0.0310. The van der Waals surface area contributed by atoms with Crippen LogP contribution in [0.15, 0.2) is 18.2 Å². The van der Waals surface area contributed by atoms with Crippen LogP contribution >= 0.6 is 0 Å². The highest BCUT2D eigenvalue weighted by atomic mass is 16.5. The summed E-state index contributed by atoms with van der Waals surface area (Å²) >= 11 is 0. The van der Waals surface area contributed by atoms with Crippen molar-refractivity contribution in [1.82, 2.24) is 0 Å². The predicted molar refractivity (Wildman–Crippen MR) is 46.4 cm³/mol. The summed E-state index contributed by atoms with van der Waals surface area (Å²) in [5.74, 6) is -0.717. The topological polar surface area (TPSA) is 75.4 Å². The van der Waals surface area contributed by atoms with E-state index in [0.29, 0.717) is 12.4 Å². The van der Waals surface area contributed by atoms with E-state index in [-0.39, 0.29) is 11.3 Å². The third kappa shape index (κ3) is 2.11. The van der Waals surface area contributed by atoms with Crippen LogP contribution in [0.25, 0.3) is 0 Å². The summed E-state index contributed by atoms with van der Waals surface area (Å²) in [5, 5.41) is 10.5. The molecule has 0 aliphatic carbocycles. The molecule has 0 heterocycles. The lowest BCUT2D eigenvalue weighted by Gasteiger charge is -2.08. The van der Waals surface area contributed by atoms with Crippen LogP contribution in [0.4, 0.5) is 5.69 Å². The number of benzene rings is 1. The number of nitrogen functional groups attached to an aromatic ring is 1. The van der Waals surface area contributed by atoms with Gasteiger partial charge in [0, 0.05) is 17.3 Å². The smallest absolute Gasteiger partial charge is 0.121 e. The highest BCUT2D eigenvalue weighted by Gasteiger charge is 2.01. The van der Waals surface area contributed by atoms with Crippen LogP contribution < -0.4 is 15.6 Å². The molecule has 1 aromatic rings. The van der Waals surface area contributed by atoms with Crippen molar-refractivity contribution in [3.63, 3.8) is 0 Å². The quantitative estimate of drug-likeness (QED) is 0.666. The molecule has 0 atom stereocenters. The number of carboxylic acid groups (broad SMARTS) is 1. The van der Waals surface area contributed by atoms with Crippen molar-refractivity contribution in [2.75, 3.05) is 12.3 Å². The van der Waals surface area contributed by atoms with Crippen LogP contribution in [0.3, 0.4) is 0 Å². The third-order valence-corrected chi connectivity index (χ3v) is 1.55. The molecule has 0 bridgehead atoms. The van der Waals surface area contributed by atoms with Gasteiger partial charge in [-0.1, -0.05) is 0 Å². The van der Waals surface area contributed by atoms with Crippen LogP contribution in [0.1, 0.15) is 17.3 Å². The zero-order chi connectivity index (χ0) is 9.84. The van der Waals surface area contributed by atoms with E-state index in [2.05, 4.69) is 0 Å². The summed E-state index contributed by atoms with van der Waals surface area (Å²) in [6.07, 6.45) is 0. The summed E-state index contributed by atoms with van der Waals surface area (Å²) in [7, 11) is 0. The van der Waals surface area contributed by atoms with Gasteiger partial charge in [-0.2, -0.15) is 0 Å². The van der Waals surface area contributed by atoms with Gasteiger partial charge < -0.3 is 20.4 Å². The second-order valence-corrected chi connectivity index (χ2v) is 2.47. The summed E-state index contributed by atoms with van der Waals surface area (Å²) in [5.41, 5.74) is 5.60.